The molecule has 3 heteroatoms. The summed E-state index contributed by atoms with van der Waals surface area (Å²) in [4.78, 5) is 23.0. The molecular formula is C11H20O2Zn. The molecule has 0 bridgehead atoms. The fourth-order valence-electron chi connectivity index (χ4n) is 0.676. The van der Waals surface area contributed by atoms with E-state index in [9.17, 15) is 9.59 Å². The molecule has 0 radical (unpaired) electrons. The van der Waals surface area contributed by atoms with E-state index in [0.29, 0.717) is 0 Å². The second-order valence-electron chi connectivity index (χ2n) is 5.52. The van der Waals surface area contributed by atoms with Crippen LogP contribution in [-0.2, 0) is 29.1 Å². The Labute approximate surface area is 99.6 Å². The van der Waals surface area contributed by atoms with Gasteiger partial charge in [0.05, 0.1) is 6.42 Å². The second-order valence-corrected chi connectivity index (χ2v) is 5.52. The first-order valence-corrected chi connectivity index (χ1v) is 4.62. The van der Waals surface area contributed by atoms with Crippen LogP contribution in [0, 0.1) is 10.8 Å². The predicted octanol–water partition coefficient (Wildman–Crippen LogP) is 2.60. The van der Waals surface area contributed by atoms with Gasteiger partial charge in [-0.05, 0) is 0 Å². The van der Waals surface area contributed by atoms with E-state index in [1.807, 2.05) is 41.5 Å². The molecule has 0 atom stereocenters. The topological polar surface area (TPSA) is 34.1 Å². The third-order valence-corrected chi connectivity index (χ3v) is 1.99. The van der Waals surface area contributed by atoms with Gasteiger partial charge in [-0.2, -0.15) is 0 Å². The van der Waals surface area contributed by atoms with E-state index in [2.05, 4.69) is 0 Å². The van der Waals surface area contributed by atoms with Gasteiger partial charge in [-0.25, -0.2) is 0 Å². The van der Waals surface area contributed by atoms with Crippen LogP contribution in [0.2, 0.25) is 0 Å². The molecule has 0 rings (SSSR count). The average Bonchev–Trinajstić information content (AvgIpc) is 1.82. The molecule has 0 amide bonds. The van der Waals surface area contributed by atoms with Gasteiger partial charge in [0, 0.05) is 30.3 Å². The number of hydrogen-bond donors (Lipinski definition) is 0. The first-order valence-electron chi connectivity index (χ1n) is 4.62. The van der Waals surface area contributed by atoms with Crippen molar-refractivity contribution < 1.29 is 29.1 Å². The number of rotatable bonds is 2. The minimum Gasteiger partial charge on any atom is -0.299 e. The summed E-state index contributed by atoms with van der Waals surface area (Å²) in [6, 6.07) is 0. The molecule has 78 valence electrons. The molecule has 0 saturated heterocycles. The van der Waals surface area contributed by atoms with Gasteiger partial charge in [-0.3, -0.25) is 9.59 Å². The number of carbonyl (C=O) groups excluding carboxylic acids is 2. The van der Waals surface area contributed by atoms with Crippen LogP contribution >= 0.6 is 0 Å². The molecular weight excluding hydrogens is 230 g/mol. The molecule has 0 aliphatic carbocycles. The molecule has 0 fully saturated rings. The molecule has 0 aromatic rings. The maximum absolute atomic E-state index is 11.5. The molecule has 0 aromatic carbocycles. The SMILES string of the molecule is CC(C)(C)C(=O)CC(=O)C(C)(C)C.[Zn]. The zero-order valence-corrected chi connectivity index (χ0v) is 13.2. The molecule has 0 spiro atoms. The third-order valence-electron chi connectivity index (χ3n) is 1.99. The molecule has 0 saturated carbocycles. The summed E-state index contributed by atoms with van der Waals surface area (Å²) in [5.74, 6) is 0.0415. The fraction of sp³-hybridized carbons (Fsp3) is 0.818. The van der Waals surface area contributed by atoms with Crippen LogP contribution < -0.4 is 0 Å². The zero-order valence-electron chi connectivity index (χ0n) is 10.2. The van der Waals surface area contributed by atoms with Crippen molar-refractivity contribution in [3.05, 3.63) is 0 Å². The van der Waals surface area contributed by atoms with Gasteiger partial charge in [0.15, 0.2) is 0 Å². The van der Waals surface area contributed by atoms with E-state index in [1.54, 1.807) is 0 Å². The largest absolute Gasteiger partial charge is 0.299 e. The van der Waals surface area contributed by atoms with Gasteiger partial charge in [0.25, 0.3) is 0 Å². The van der Waals surface area contributed by atoms with Crippen LogP contribution in [0.4, 0.5) is 0 Å². The smallest absolute Gasteiger partial charge is 0.145 e. The van der Waals surface area contributed by atoms with Crippen molar-refractivity contribution in [2.45, 2.75) is 48.0 Å². The monoisotopic (exact) mass is 248 g/mol. The van der Waals surface area contributed by atoms with Crippen molar-refractivity contribution in [3.63, 3.8) is 0 Å². The van der Waals surface area contributed by atoms with Crippen molar-refractivity contribution in [2.75, 3.05) is 0 Å². The maximum Gasteiger partial charge on any atom is 0.145 e. The summed E-state index contributed by atoms with van der Waals surface area (Å²) in [5.41, 5.74) is -0.804. The predicted molar refractivity (Wildman–Crippen MR) is 53.5 cm³/mol. The number of hydrogen-bond acceptors (Lipinski definition) is 2. The standard InChI is InChI=1S/C11H20O2.Zn/c1-10(2,3)8(12)7-9(13)11(4,5)6;/h7H2,1-6H3;. The van der Waals surface area contributed by atoms with Gasteiger partial charge in [-0.15, -0.1) is 0 Å². The molecule has 0 heterocycles. The summed E-state index contributed by atoms with van der Waals surface area (Å²) in [5, 5.41) is 0. The van der Waals surface area contributed by atoms with Crippen molar-refractivity contribution in [2.24, 2.45) is 10.8 Å². The quantitative estimate of drug-likeness (QED) is 0.557. The van der Waals surface area contributed by atoms with Crippen LogP contribution in [0.5, 0.6) is 0 Å². The summed E-state index contributed by atoms with van der Waals surface area (Å²) < 4.78 is 0. The van der Waals surface area contributed by atoms with Gasteiger partial charge in [0.2, 0.25) is 0 Å². The van der Waals surface area contributed by atoms with Gasteiger partial charge in [0.1, 0.15) is 11.6 Å². The Hall–Kier alpha value is -0.0366. The van der Waals surface area contributed by atoms with Gasteiger partial charge in [-0.1, -0.05) is 41.5 Å². The molecule has 0 N–H and O–H groups in total. The fourth-order valence-corrected chi connectivity index (χ4v) is 0.676. The molecule has 0 unspecified atom stereocenters. The molecule has 0 aromatic heterocycles. The van der Waals surface area contributed by atoms with Crippen molar-refractivity contribution in [3.8, 4) is 0 Å². The van der Waals surface area contributed by atoms with E-state index in [4.69, 9.17) is 0 Å². The summed E-state index contributed by atoms with van der Waals surface area (Å²) in [7, 11) is 0. The zero-order chi connectivity index (χ0) is 10.9. The van der Waals surface area contributed by atoms with Crippen LogP contribution in [-0.4, -0.2) is 11.6 Å². The molecule has 0 aliphatic heterocycles. The first-order chi connectivity index (χ1) is 5.55. The van der Waals surface area contributed by atoms with Crippen LogP contribution in [0.1, 0.15) is 48.0 Å². The number of Topliss-reactive ketones (excluding diaryl/α,β-unsaturated/α-hetero) is 2. The van der Waals surface area contributed by atoms with Crippen molar-refractivity contribution in [1.29, 1.82) is 0 Å². The normalized spacial score (nSPS) is 11.9. The average molecular weight is 250 g/mol. The molecule has 0 aliphatic rings. The first kappa shape index (κ1) is 16.4. The van der Waals surface area contributed by atoms with Crippen molar-refractivity contribution in [1.82, 2.24) is 0 Å². The van der Waals surface area contributed by atoms with Crippen LogP contribution in [0.3, 0.4) is 0 Å². The summed E-state index contributed by atoms with van der Waals surface area (Å²) in [6.07, 6.45) is 0.0625. The molecule has 14 heavy (non-hydrogen) atoms. The van der Waals surface area contributed by atoms with E-state index < -0.39 is 10.8 Å². The Kier molecular flexibility index (Phi) is 6.04. The van der Waals surface area contributed by atoms with Crippen LogP contribution in [0.25, 0.3) is 0 Å². The number of ketones is 2. The van der Waals surface area contributed by atoms with Gasteiger partial charge < -0.3 is 0 Å². The Morgan fingerprint density at radius 2 is 1.00 bits per heavy atom. The minimum atomic E-state index is -0.402. The Morgan fingerprint density at radius 1 is 0.786 bits per heavy atom. The minimum absolute atomic E-state index is 0. The summed E-state index contributed by atoms with van der Waals surface area (Å²) >= 11 is 0. The Balaban J connectivity index is 0. The van der Waals surface area contributed by atoms with E-state index in [1.165, 1.54) is 0 Å². The number of carbonyl (C=O) groups is 2. The van der Waals surface area contributed by atoms with Crippen molar-refractivity contribution >= 4 is 11.6 Å². The van der Waals surface area contributed by atoms with E-state index in [-0.39, 0.29) is 37.5 Å². The van der Waals surface area contributed by atoms with Gasteiger partial charge >= 0.3 is 0 Å². The maximum atomic E-state index is 11.5. The van der Waals surface area contributed by atoms with E-state index in [0.717, 1.165) is 0 Å². The Morgan fingerprint density at radius 3 is 1.14 bits per heavy atom. The Bertz CT molecular complexity index is 194. The van der Waals surface area contributed by atoms with E-state index >= 15 is 0 Å². The molecule has 2 nitrogen and oxygen atoms in total. The second kappa shape index (κ2) is 5.16. The third kappa shape index (κ3) is 5.64. The summed E-state index contributed by atoms with van der Waals surface area (Å²) in [6.45, 7) is 11.0. The van der Waals surface area contributed by atoms with Crippen LogP contribution in [0.15, 0.2) is 0 Å².